The molecule has 0 bridgehead atoms. The second-order valence-corrected chi connectivity index (χ2v) is 6.92. The largest absolute Gasteiger partial charge is 0.493 e. The molecule has 0 radical (unpaired) electrons. The van der Waals surface area contributed by atoms with Gasteiger partial charge in [-0.05, 0) is 61.2 Å². The van der Waals surface area contributed by atoms with Crippen molar-refractivity contribution >= 4 is 5.91 Å². The van der Waals surface area contributed by atoms with Gasteiger partial charge in [0, 0.05) is 13.1 Å². The van der Waals surface area contributed by atoms with Crippen LogP contribution in [0.1, 0.15) is 24.0 Å². The van der Waals surface area contributed by atoms with E-state index >= 15 is 0 Å². The second kappa shape index (κ2) is 10.1. The van der Waals surface area contributed by atoms with Gasteiger partial charge < -0.3 is 19.7 Å². The normalized spacial score (nSPS) is 13.6. The van der Waals surface area contributed by atoms with E-state index in [1.54, 1.807) is 13.2 Å². The van der Waals surface area contributed by atoms with Crippen LogP contribution in [0.3, 0.4) is 0 Å². The lowest BCUT2D eigenvalue weighted by Gasteiger charge is -2.15. The van der Waals surface area contributed by atoms with Crippen molar-refractivity contribution in [3.05, 3.63) is 59.4 Å². The second-order valence-electron chi connectivity index (χ2n) is 6.92. The molecule has 1 N–H and O–H groups in total. The number of halogens is 1. The van der Waals surface area contributed by atoms with Crippen molar-refractivity contribution in [1.82, 2.24) is 10.2 Å². The highest BCUT2D eigenvalue weighted by molar-refractivity contribution is 5.78. The zero-order valence-electron chi connectivity index (χ0n) is 16.2. The first-order valence-electron chi connectivity index (χ1n) is 9.68. The Balaban J connectivity index is 1.47. The molecule has 1 saturated heterocycles. The predicted octanol–water partition coefficient (Wildman–Crippen LogP) is 3.17. The first-order chi connectivity index (χ1) is 13.7. The number of likely N-dealkylation sites (tertiary alicyclic amines) is 1. The van der Waals surface area contributed by atoms with Gasteiger partial charge in [-0.1, -0.05) is 18.2 Å². The minimum atomic E-state index is -0.279. The van der Waals surface area contributed by atoms with Crippen LogP contribution in [-0.4, -0.2) is 44.1 Å². The van der Waals surface area contributed by atoms with E-state index in [1.165, 1.54) is 12.1 Å². The minimum Gasteiger partial charge on any atom is -0.493 e. The van der Waals surface area contributed by atoms with Gasteiger partial charge in [0.05, 0.1) is 13.7 Å². The van der Waals surface area contributed by atoms with Gasteiger partial charge in [0.15, 0.2) is 11.5 Å². The Morgan fingerprint density at radius 2 is 1.93 bits per heavy atom. The van der Waals surface area contributed by atoms with Gasteiger partial charge in [0.1, 0.15) is 12.4 Å². The van der Waals surface area contributed by atoms with Crippen LogP contribution in [0.4, 0.5) is 4.39 Å². The fraction of sp³-hybridized carbons (Fsp3) is 0.409. The highest BCUT2D eigenvalue weighted by atomic mass is 19.1. The molecule has 0 atom stereocenters. The minimum absolute atomic E-state index is 0.177. The van der Waals surface area contributed by atoms with Gasteiger partial charge in [0.25, 0.3) is 0 Å². The Labute approximate surface area is 165 Å². The van der Waals surface area contributed by atoms with E-state index in [2.05, 4.69) is 5.32 Å². The van der Waals surface area contributed by atoms with Crippen molar-refractivity contribution in [2.24, 2.45) is 0 Å². The number of nitrogens with zero attached hydrogens (tertiary/aromatic N) is 1. The first-order valence-corrected chi connectivity index (χ1v) is 9.68. The molecule has 28 heavy (non-hydrogen) atoms. The highest BCUT2D eigenvalue weighted by Gasteiger charge is 2.16. The van der Waals surface area contributed by atoms with Crippen LogP contribution in [0.25, 0.3) is 0 Å². The maximum Gasteiger partial charge on any atom is 0.236 e. The number of nitrogens with one attached hydrogen (secondary N) is 1. The Morgan fingerprint density at radius 3 is 2.68 bits per heavy atom. The number of hydrogen-bond donors (Lipinski definition) is 1. The predicted molar refractivity (Wildman–Crippen MR) is 106 cm³/mol. The highest BCUT2D eigenvalue weighted by Crippen LogP contribution is 2.29. The third-order valence-electron chi connectivity index (χ3n) is 4.84. The first kappa shape index (κ1) is 20.1. The summed E-state index contributed by atoms with van der Waals surface area (Å²) in [5.41, 5.74) is 1.86. The lowest BCUT2D eigenvalue weighted by molar-refractivity contribution is -0.129. The molecule has 6 heteroatoms. The van der Waals surface area contributed by atoms with E-state index in [0.717, 1.165) is 43.5 Å². The number of benzene rings is 2. The van der Waals surface area contributed by atoms with E-state index in [-0.39, 0.29) is 18.3 Å². The van der Waals surface area contributed by atoms with Gasteiger partial charge in [-0.15, -0.1) is 0 Å². The van der Waals surface area contributed by atoms with Crippen LogP contribution >= 0.6 is 0 Å². The smallest absolute Gasteiger partial charge is 0.236 e. The summed E-state index contributed by atoms with van der Waals surface area (Å²) in [6, 6.07) is 12.1. The zero-order chi connectivity index (χ0) is 19.8. The molecule has 2 aromatic carbocycles. The average Bonchev–Trinajstić information content (AvgIpc) is 3.25. The van der Waals surface area contributed by atoms with E-state index < -0.39 is 0 Å². The molecular formula is C22H27FN2O3. The summed E-state index contributed by atoms with van der Waals surface area (Å²) in [4.78, 5) is 13.9. The van der Waals surface area contributed by atoms with Crippen LogP contribution in [0.2, 0.25) is 0 Å². The van der Waals surface area contributed by atoms with Crippen molar-refractivity contribution < 1.29 is 18.7 Å². The summed E-state index contributed by atoms with van der Waals surface area (Å²) in [5.74, 6) is 1.16. The molecule has 0 aliphatic carbocycles. The third-order valence-corrected chi connectivity index (χ3v) is 4.84. The summed E-state index contributed by atoms with van der Waals surface area (Å²) in [6.07, 6.45) is 3.01. The fourth-order valence-electron chi connectivity index (χ4n) is 3.28. The van der Waals surface area contributed by atoms with E-state index in [0.29, 0.717) is 24.6 Å². The van der Waals surface area contributed by atoms with Crippen LogP contribution in [-0.2, 0) is 17.8 Å². The molecule has 5 nitrogen and oxygen atoms in total. The van der Waals surface area contributed by atoms with Gasteiger partial charge in [-0.25, -0.2) is 4.39 Å². The number of carbonyl (C=O) groups excluding carboxylic acids is 1. The summed E-state index contributed by atoms with van der Waals surface area (Å²) < 4.78 is 24.5. The van der Waals surface area contributed by atoms with Gasteiger partial charge >= 0.3 is 0 Å². The fourth-order valence-corrected chi connectivity index (χ4v) is 3.28. The maximum absolute atomic E-state index is 13.3. The quantitative estimate of drug-likeness (QED) is 0.673. The SMILES string of the molecule is COc1cc(CCNCC(=O)N2CCCC2)ccc1OCc1cccc(F)c1. The van der Waals surface area contributed by atoms with Crippen molar-refractivity contribution in [3.8, 4) is 11.5 Å². The van der Waals surface area contributed by atoms with E-state index in [9.17, 15) is 9.18 Å². The topological polar surface area (TPSA) is 50.8 Å². The summed E-state index contributed by atoms with van der Waals surface area (Å²) in [6.45, 7) is 3.13. The van der Waals surface area contributed by atoms with Crippen LogP contribution in [0, 0.1) is 5.82 Å². The number of amides is 1. The molecule has 2 aromatic rings. The molecular weight excluding hydrogens is 359 g/mol. The molecule has 0 aromatic heterocycles. The van der Waals surface area contributed by atoms with E-state index in [1.807, 2.05) is 29.2 Å². The summed E-state index contributed by atoms with van der Waals surface area (Å²) in [7, 11) is 1.60. The average molecular weight is 386 g/mol. The van der Waals surface area contributed by atoms with Crippen LogP contribution < -0.4 is 14.8 Å². The Kier molecular flexibility index (Phi) is 7.25. The molecule has 150 valence electrons. The standard InChI is InChI=1S/C22H27FN2O3/c1-27-21-14-17(9-10-24-15-22(26)25-11-2-3-12-25)7-8-20(21)28-16-18-5-4-6-19(23)13-18/h4-8,13-14,24H,2-3,9-12,15-16H2,1H3. The van der Waals surface area contributed by atoms with Gasteiger partial charge in [-0.3, -0.25) is 4.79 Å². The monoisotopic (exact) mass is 386 g/mol. The molecule has 0 spiro atoms. The number of hydrogen-bond acceptors (Lipinski definition) is 4. The number of methoxy groups -OCH3 is 1. The molecule has 0 saturated carbocycles. The van der Waals surface area contributed by atoms with Crippen LogP contribution in [0.15, 0.2) is 42.5 Å². The molecule has 1 aliphatic heterocycles. The van der Waals surface area contributed by atoms with Crippen molar-refractivity contribution in [3.63, 3.8) is 0 Å². The molecule has 1 heterocycles. The van der Waals surface area contributed by atoms with Crippen molar-refractivity contribution in [2.45, 2.75) is 25.9 Å². The number of rotatable bonds is 9. The Morgan fingerprint density at radius 1 is 1.11 bits per heavy atom. The lowest BCUT2D eigenvalue weighted by Crippen LogP contribution is -2.36. The van der Waals surface area contributed by atoms with E-state index in [4.69, 9.17) is 9.47 Å². The van der Waals surface area contributed by atoms with Gasteiger partial charge in [0.2, 0.25) is 5.91 Å². The van der Waals surface area contributed by atoms with Gasteiger partial charge in [-0.2, -0.15) is 0 Å². The summed E-state index contributed by atoms with van der Waals surface area (Å²) >= 11 is 0. The Hall–Kier alpha value is -2.60. The number of ether oxygens (including phenoxy) is 2. The molecule has 1 amide bonds. The van der Waals surface area contributed by atoms with Crippen molar-refractivity contribution in [2.75, 3.05) is 33.3 Å². The number of carbonyl (C=O) groups is 1. The lowest BCUT2D eigenvalue weighted by atomic mass is 10.1. The zero-order valence-corrected chi connectivity index (χ0v) is 16.2. The molecule has 1 fully saturated rings. The molecule has 1 aliphatic rings. The van der Waals surface area contributed by atoms with Crippen molar-refractivity contribution in [1.29, 1.82) is 0 Å². The maximum atomic E-state index is 13.3. The molecule has 3 rings (SSSR count). The molecule has 0 unspecified atom stereocenters. The van der Waals surface area contributed by atoms with Crippen LogP contribution in [0.5, 0.6) is 11.5 Å². The Bertz CT molecular complexity index is 791. The third kappa shape index (κ3) is 5.70. The summed E-state index contributed by atoms with van der Waals surface area (Å²) in [5, 5.41) is 3.22.